The topological polar surface area (TPSA) is 62.5 Å². The molecule has 0 N–H and O–H groups in total. The van der Waals surface area contributed by atoms with Gasteiger partial charge < -0.3 is 9.42 Å². The number of hydrogen-bond donors (Lipinski definition) is 0. The molecule has 0 spiro atoms. The number of aromatic nitrogens is 2. The summed E-state index contributed by atoms with van der Waals surface area (Å²) >= 11 is 5.95. The molecule has 6 rings (SSSR count). The smallest absolute Gasteiger partial charge is 0.254 e. The second-order valence-corrected chi connectivity index (χ2v) is 9.14. The summed E-state index contributed by atoms with van der Waals surface area (Å²) in [5, 5.41) is 7.15. The van der Waals surface area contributed by atoms with Gasteiger partial charge >= 0.3 is 0 Å². The molecule has 0 unspecified atom stereocenters. The highest BCUT2D eigenvalue weighted by molar-refractivity contribution is 6.30. The van der Waals surface area contributed by atoms with E-state index < -0.39 is 0 Å². The number of nitrogens with zero attached hydrogens (tertiary/aromatic N) is 4. The van der Waals surface area contributed by atoms with Gasteiger partial charge in [0, 0.05) is 42.3 Å². The Hall–Kier alpha value is -3.22. The SMILES string of the molecule is O=C(c1ccc2c3c(cccc13)CC2)N1CCN(Cc2nc(-c3ccc(Cl)cc3)no2)CC1. The first kappa shape index (κ1) is 20.4. The first-order chi connectivity index (χ1) is 16.2. The van der Waals surface area contributed by atoms with E-state index in [0.29, 0.717) is 36.4 Å². The van der Waals surface area contributed by atoms with Gasteiger partial charge in [-0.1, -0.05) is 41.0 Å². The lowest BCUT2D eigenvalue weighted by atomic mass is 9.99. The molecular formula is C26H23ClN4O2. The van der Waals surface area contributed by atoms with Gasteiger partial charge in [0.1, 0.15) is 0 Å². The second kappa shape index (κ2) is 8.28. The van der Waals surface area contributed by atoms with Crippen molar-refractivity contribution >= 4 is 28.3 Å². The molecule has 1 fully saturated rings. The molecule has 6 nitrogen and oxygen atoms in total. The summed E-state index contributed by atoms with van der Waals surface area (Å²) in [5.41, 5.74) is 4.41. The first-order valence-electron chi connectivity index (χ1n) is 11.3. The minimum absolute atomic E-state index is 0.119. The predicted octanol–water partition coefficient (Wildman–Crippen LogP) is 4.60. The molecule has 1 amide bonds. The van der Waals surface area contributed by atoms with Crippen LogP contribution in [0, 0.1) is 0 Å². The number of amides is 1. The summed E-state index contributed by atoms with van der Waals surface area (Å²) in [6, 6.07) is 17.9. The Bertz CT molecular complexity index is 1330. The molecule has 1 aliphatic carbocycles. The second-order valence-electron chi connectivity index (χ2n) is 8.70. The number of halogens is 1. The number of aryl methyl sites for hydroxylation is 2. The Kier molecular flexibility index (Phi) is 5.12. The van der Waals surface area contributed by atoms with Crippen molar-refractivity contribution in [3.63, 3.8) is 0 Å². The van der Waals surface area contributed by atoms with Crippen LogP contribution < -0.4 is 0 Å². The maximum atomic E-state index is 13.4. The van der Waals surface area contributed by atoms with Gasteiger partial charge in [-0.2, -0.15) is 4.98 Å². The third-order valence-electron chi connectivity index (χ3n) is 6.70. The lowest BCUT2D eigenvalue weighted by Crippen LogP contribution is -2.48. The van der Waals surface area contributed by atoms with Crippen LogP contribution in [0.25, 0.3) is 22.2 Å². The number of piperazine rings is 1. The average Bonchev–Trinajstić information content (AvgIpc) is 3.48. The molecule has 4 aromatic rings. The summed E-state index contributed by atoms with van der Waals surface area (Å²) in [6.07, 6.45) is 2.14. The van der Waals surface area contributed by atoms with Crippen molar-refractivity contribution in [2.75, 3.05) is 26.2 Å². The Morgan fingerprint density at radius 3 is 2.48 bits per heavy atom. The van der Waals surface area contributed by atoms with Gasteiger partial charge in [-0.3, -0.25) is 9.69 Å². The van der Waals surface area contributed by atoms with E-state index in [0.717, 1.165) is 42.4 Å². The number of carbonyl (C=O) groups is 1. The van der Waals surface area contributed by atoms with E-state index in [2.05, 4.69) is 39.3 Å². The highest BCUT2D eigenvalue weighted by Crippen LogP contribution is 2.33. The van der Waals surface area contributed by atoms with Crippen LogP contribution in [-0.4, -0.2) is 52.0 Å². The molecule has 0 bridgehead atoms. The average molecular weight is 459 g/mol. The zero-order valence-electron chi connectivity index (χ0n) is 18.1. The van der Waals surface area contributed by atoms with Gasteiger partial charge in [-0.25, -0.2) is 0 Å². The molecule has 166 valence electrons. The number of benzene rings is 3. The van der Waals surface area contributed by atoms with Gasteiger partial charge in [-0.15, -0.1) is 0 Å². The van der Waals surface area contributed by atoms with Crippen LogP contribution in [0.1, 0.15) is 27.4 Å². The highest BCUT2D eigenvalue weighted by atomic mass is 35.5. The standard InChI is InChI=1S/C26H23ClN4O2/c27-20-9-6-19(7-10-20)25-28-23(33-29-25)16-30-12-14-31(15-13-30)26(32)22-11-8-18-5-4-17-2-1-3-21(22)24(17)18/h1-3,6-11H,4-5,12-16H2. The van der Waals surface area contributed by atoms with Crippen molar-refractivity contribution in [2.24, 2.45) is 0 Å². The van der Waals surface area contributed by atoms with E-state index in [1.165, 1.54) is 16.5 Å². The molecule has 1 aliphatic heterocycles. The Labute approximate surface area is 196 Å². The van der Waals surface area contributed by atoms with Crippen LogP contribution in [0.15, 0.2) is 59.1 Å². The predicted molar refractivity (Wildman–Crippen MR) is 127 cm³/mol. The zero-order valence-corrected chi connectivity index (χ0v) is 18.9. The fraction of sp³-hybridized carbons (Fsp3) is 0.269. The van der Waals surface area contributed by atoms with Crippen molar-refractivity contribution in [2.45, 2.75) is 19.4 Å². The van der Waals surface area contributed by atoms with Crippen LogP contribution in [0.4, 0.5) is 0 Å². The minimum atomic E-state index is 0.119. The van der Waals surface area contributed by atoms with Crippen molar-refractivity contribution in [3.05, 3.63) is 82.2 Å². The molecule has 2 heterocycles. The number of rotatable bonds is 4. The minimum Gasteiger partial charge on any atom is -0.338 e. The molecule has 1 aromatic heterocycles. The van der Waals surface area contributed by atoms with Crippen molar-refractivity contribution in [1.82, 2.24) is 19.9 Å². The molecule has 0 saturated carbocycles. The van der Waals surface area contributed by atoms with Crippen molar-refractivity contribution in [1.29, 1.82) is 0 Å². The maximum Gasteiger partial charge on any atom is 0.254 e. The molecule has 7 heteroatoms. The molecule has 0 atom stereocenters. The number of hydrogen-bond acceptors (Lipinski definition) is 5. The van der Waals surface area contributed by atoms with Crippen LogP contribution in [0.3, 0.4) is 0 Å². The largest absolute Gasteiger partial charge is 0.338 e. The van der Waals surface area contributed by atoms with Crippen LogP contribution >= 0.6 is 11.6 Å². The van der Waals surface area contributed by atoms with Gasteiger partial charge in [-0.05, 0) is 65.1 Å². The Morgan fingerprint density at radius 2 is 1.70 bits per heavy atom. The van der Waals surface area contributed by atoms with E-state index >= 15 is 0 Å². The summed E-state index contributed by atoms with van der Waals surface area (Å²) in [7, 11) is 0. The Balaban J connectivity index is 1.12. The van der Waals surface area contributed by atoms with E-state index in [9.17, 15) is 4.79 Å². The summed E-state index contributed by atoms with van der Waals surface area (Å²) in [4.78, 5) is 22.1. The van der Waals surface area contributed by atoms with Crippen LogP contribution in [-0.2, 0) is 19.4 Å². The van der Waals surface area contributed by atoms with Crippen molar-refractivity contribution in [3.8, 4) is 11.4 Å². The molecule has 2 aliphatic rings. The molecule has 0 radical (unpaired) electrons. The number of carbonyl (C=O) groups excluding carboxylic acids is 1. The van der Waals surface area contributed by atoms with Gasteiger partial charge in [0.25, 0.3) is 5.91 Å². The van der Waals surface area contributed by atoms with Crippen molar-refractivity contribution < 1.29 is 9.32 Å². The van der Waals surface area contributed by atoms with Crippen LogP contribution in [0.2, 0.25) is 5.02 Å². The summed E-state index contributed by atoms with van der Waals surface area (Å²) < 4.78 is 5.46. The monoisotopic (exact) mass is 458 g/mol. The van der Waals surface area contributed by atoms with Crippen LogP contribution in [0.5, 0.6) is 0 Å². The molecule has 3 aromatic carbocycles. The van der Waals surface area contributed by atoms with E-state index in [4.69, 9.17) is 16.1 Å². The summed E-state index contributed by atoms with van der Waals surface area (Å²) in [6.45, 7) is 3.47. The lowest BCUT2D eigenvalue weighted by molar-refractivity contribution is 0.0617. The normalized spacial score (nSPS) is 16.0. The van der Waals surface area contributed by atoms with Gasteiger partial charge in [0.2, 0.25) is 11.7 Å². The van der Waals surface area contributed by atoms with E-state index in [-0.39, 0.29) is 5.91 Å². The molecule has 1 saturated heterocycles. The van der Waals surface area contributed by atoms with Gasteiger partial charge in [0.15, 0.2) is 0 Å². The third kappa shape index (κ3) is 3.79. The van der Waals surface area contributed by atoms with E-state index in [1.54, 1.807) is 0 Å². The lowest BCUT2D eigenvalue weighted by Gasteiger charge is -2.34. The third-order valence-corrected chi connectivity index (χ3v) is 6.95. The van der Waals surface area contributed by atoms with E-state index in [1.807, 2.05) is 35.2 Å². The fourth-order valence-electron chi connectivity index (χ4n) is 4.94. The fourth-order valence-corrected chi connectivity index (χ4v) is 5.07. The Morgan fingerprint density at radius 1 is 0.939 bits per heavy atom. The molecule has 33 heavy (non-hydrogen) atoms. The first-order valence-corrected chi connectivity index (χ1v) is 11.7. The quantitative estimate of drug-likeness (QED) is 0.447. The van der Waals surface area contributed by atoms with Gasteiger partial charge in [0.05, 0.1) is 6.54 Å². The maximum absolute atomic E-state index is 13.4. The highest BCUT2D eigenvalue weighted by Gasteiger charge is 2.26. The zero-order chi connectivity index (χ0) is 22.4. The summed E-state index contributed by atoms with van der Waals surface area (Å²) in [5.74, 6) is 1.25. The molecular weight excluding hydrogens is 436 g/mol.